The quantitative estimate of drug-likeness (QED) is 0.715. The van der Waals surface area contributed by atoms with Crippen molar-refractivity contribution in [3.8, 4) is 11.1 Å². The highest BCUT2D eigenvalue weighted by Gasteiger charge is 2.08. The molecule has 3 nitrogen and oxygen atoms in total. The predicted octanol–water partition coefficient (Wildman–Crippen LogP) is 1.68. The molecule has 74 valence electrons. The molecule has 0 bridgehead atoms. The second kappa shape index (κ2) is 4.28. The molecule has 1 unspecified atom stereocenters. The van der Waals surface area contributed by atoms with E-state index in [1.807, 2.05) is 30.3 Å². The second-order valence-electron chi connectivity index (χ2n) is 3.01. The third kappa shape index (κ3) is 1.92. The maximum Gasteiger partial charge on any atom is 0.0970 e. The van der Waals surface area contributed by atoms with Crippen molar-refractivity contribution in [2.75, 3.05) is 0 Å². The smallest absolute Gasteiger partial charge is 0.0970 e. The highest BCUT2D eigenvalue weighted by Crippen LogP contribution is 2.20. The molecule has 1 atom stereocenters. The lowest BCUT2D eigenvalue weighted by Gasteiger charge is -2.06. The van der Waals surface area contributed by atoms with Crippen LogP contribution in [0.4, 0.5) is 0 Å². The van der Waals surface area contributed by atoms with Gasteiger partial charge < -0.3 is 0 Å². The molecular formula is C11H10N3P. The van der Waals surface area contributed by atoms with Crippen molar-refractivity contribution in [1.82, 2.24) is 15.4 Å². The summed E-state index contributed by atoms with van der Waals surface area (Å²) in [6, 6.07) is 9.96. The lowest BCUT2D eigenvalue weighted by atomic mass is 10.1. The fraction of sp³-hybridized carbons (Fsp3) is 0. The molecular weight excluding hydrogens is 205 g/mol. The summed E-state index contributed by atoms with van der Waals surface area (Å²) in [4.78, 5) is 0. The minimum atomic E-state index is 0.751. The minimum absolute atomic E-state index is 0.751. The SMILES string of the molecule is C=Cc1nnnc(P)c1-c1ccccc1. The molecule has 0 saturated carbocycles. The molecule has 2 rings (SSSR count). The zero-order chi connectivity index (χ0) is 10.7. The van der Waals surface area contributed by atoms with Crippen LogP contribution in [0.2, 0.25) is 0 Å². The van der Waals surface area contributed by atoms with Crippen LogP contribution >= 0.6 is 9.24 Å². The molecule has 15 heavy (non-hydrogen) atoms. The lowest BCUT2D eigenvalue weighted by molar-refractivity contribution is 0.878. The molecule has 4 heteroatoms. The van der Waals surface area contributed by atoms with E-state index in [1.54, 1.807) is 6.08 Å². The summed E-state index contributed by atoms with van der Waals surface area (Å²) in [6.07, 6.45) is 1.69. The van der Waals surface area contributed by atoms with Gasteiger partial charge in [0, 0.05) is 5.56 Å². The Hall–Kier alpha value is -1.60. The third-order valence-electron chi connectivity index (χ3n) is 2.07. The summed E-state index contributed by atoms with van der Waals surface area (Å²) in [7, 11) is 2.56. The largest absolute Gasteiger partial charge is 0.130 e. The molecule has 1 aromatic carbocycles. The Morgan fingerprint density at radius 2 is 1.87 bits per heavy atom. The van der Waals surface area contributed by atoms with E-state index in [2.05, 4.69) is 31.2 Å². The number of nitrogens with zero attached hydrogens (tertiary/aromatic N) is 3. The van der Waals surface area contributed by atoms with E-state index >= 15 is 0 Å². The van der Waals surface area contributed by atoms with Gasteiger partial charge in [-0.1, -0.05) is 46.2 Å². The van der Waals surface area contributed by atoms with Crippen LogP contribution in [0.25, 0.3) is 17.2 Å². The topological polar surface area (TPSA) is 38.7 Å². The summed E-state index contributed by atoms with van der Waals surface area (Å²) in [6.45, 7) is 3.72. The zero-order valence-corrected chi connectivity index (χ0v) is 9.24. The number of hydrogen-bond acceptors (Lipinski definition) is 3. The van der Waals surface area contributed by atoms with E-state index in [9.17, 15) is 0 Å². The highest BCUT2D eigenvalue weighted by molar-refractivity contribution is 7.27. The Bertz CT molecular complexity index is 482. The Morgan fingerprint density at radius 1 is 1.13 bits per heavy atom. The van der Waals surface area contributed by atoms with Crippen molar-refractivity contribution < 1.29 is 0 Å². The number of hydrogen-bond donors (Lipinski definition) is 0. The third-order valence-corrected chi connectivity index (χ3v) is 2.48. The van der Waals surface area contributed by atoms with Gasteiger partial charge in [0.1, 0.15) is 0 Å². The summed E-state index contributed by atoms with van der Waals surface area (Å²) in [5.74, 6) is 0. The maximum atomic E-state index is 3.94. The monoisotopic (exact) mass is 215 g/mol. The number of aromatic nitrogens is 3. The summed E-state index contributed by atoms with van der Waals surface area (Å²) < 4.78 is 0. The first-order chi connectivity index (χ1) is 7.33. The first-order valence-electron chi connectivity index (χ1n) is 4.49. The van der Waals surface area contributed by atoms with Crippen LogP contribution in [0.5, 0.6) is 0 Å². The molecule has 0 aliphatic heterocycles. The standard InChI is InChI=1S/C11H10N3P/c1-2-9-10(11(15)13-14-12-9)8-6-4-3-5-7-8/h2-7H,1,15H2. The lowest BCUT2D eigenvalue weighted by Crippen LogP contribution is -2.09. The van der Waals surface area contributed by atoms with Gasteiger partial charge >= 0.3 is 0 Å². The van der Waals surface area contributed by atoms with Gasteiger partial charge in [-0.15, -0.1) is 10.2 Å². The highest BCUT2D eigenvalue weighted by atomic mass is 31.0. The van der Waals surface area contributed by atoms with Gasteiger partial charge in [0.15, 0.2) is 0 Å². The average Bonchev–Trinajstić information content (AvgIpc) is 2.29. The van der Waals surface area contributed by atoms with E-state index in [4.69, 9.17) is 0 Å². The van der Waals surface area contributed by atoms with Crippen molar-refractivity contribution in [1.29, 1.82) is 0 Å². The molecule has 2 aromatic rings. The number of rotatable bonds is 2. The van der Waals surface area contributed by atoms with Crippen LogP contribution < -0.4 is 5.44 Å². The molecule has 0 aliphatic rings. The van der Waals surface area contributed by atoms with E-state index in [-0.39, 0.29) is 0 Å². The van der Waals surface area contributed by atoms with Crippen LogP contribution in [0.15, 0.2) is 36.9 Å². The predicted molar refractivity (Wildman–Crippen MR) is 64.7 cm³/mol. The van der Waals surface area contributed by atoms with Crippen LogP contribution in [0.3, 0.4) is 0 Å². The van der Waals surface area contributed by atoms with E-state index in [0.29, 0.717) is 0 Å². The maximum absolute atomic E-state index is 3.94. The molecule has 1 aromatic heterocycles. The molecule has 0 N–H and O–H groups in total. The van der Waals surface area contributed by atoms with Gasteiger partial charge in [-0.05, 0) is 16.9 Å². The van der Waals surface area contributed by atoms with E-state index in [0.717, 1.165) is 22.3 Å². The Labute approximate surface area is 90.5 Å². The molecule has 0 aliphatic carbocycles. The van der Waals surface area contributed by atoms with E-state index < -0.39 is 0 Å². The zero-order valence-electron chi connectivity index (χ0n) is 8.09. The molecule has 0 amide bonds. The summed E-state index contributed by atoms with van der Waals surface area (Å²) >= 11 is 0. The normalized spacial score (nSPS) is 9.93. The minimum Gasteiger partial charge on any atom is -0.130 e. The van der Waals surface area contributed by atoms with Crippen molar-refractivity contribution in [2.24, 2.45) is 0 Å². The Kier molecular flexibility index (Phi) is 2.84. The fourth-order valence-electron chi connectivity index (χ4n) is 1.39. The van der Waals surface area contributed by atoms with Crippen molar-refractivity contribution in [3.05, 3.63) is 42.6 Å². The fourth-order valence-corrected chi connectivity index (χ4v) is 1.76. The van der Waals surface area contributed by atoms with Gasteiger partial charge in [-0.3, -0.25) is 0 Å². The first-order valence-corrected chi connectivity index (χ1v) is 5.07. The molecule has 1 heterocycles. The van der Waals surface area contributed by atoms with Crippen molar-refractivity contribution >= 4 is 20.8 Å². The van der Waals surface area contributed by atoms with Crippen LogP contribution in [0, 0.1) is 0 Å². The Morgan fingerprint density at radius 3 is 2.53 bits per heavy atom. The van der Waals surface area contributed by atoms with Gasteiger partial charge in [0.25, 0.3) is 0 Å². The van der Waals surface area contributed by atoms with Gasteiger partial charge in [0.2, 0.25) is 0 Å². The van der Waals surface area contributed by atoms with Gasteiger partial charge in [0.05, 0.1) is 11.1 Å². The van der Waals surface area contributed by atoms with Crippen LogP contribution in [-0.4, -0.2) is 15.4 Å². The van der Waals surface area contributed by atoms with E-state index in [1.165, 1.54) is 0 Å². The van der Waals surface area contributed by atoms with Crippen LogP contribution in [0.1, 0.15) is 5.69 Å². The molecule has 0 radical (unpaired) electrons. The first kappa shape index (κ1) is 9.94. The average molecular weight is 215 g/mol. The summed E-state index contributed by atoms with van der Waals surface area (Å²) in [5.41, 5.74) is 3.57. The number of benzene rings is 1. The second-order valence-corrected chi connectivity index (χ2v) is 3.55. The van der Waals surface area contributed by atoms with Crippen LogP contribution in [-0.2, 0) is 0 Å². The van der Waals surface area contributed by atoms with Crippen molar-refractivity contribution in [3.63, 3.8) is 0 Å². The Balaban J connectivity index is 2.66. The van der Waals surface area contributed by atoms with Gasteiger partial charge in [-0.2, -0.15) is 0 Å². The van der Waals surface area contributed by atoms with Crippen molar-refractivity contribution in [2.45, 2.75) is 0 Å². The molecule has 0 fully saturated rings. The van der Waals surface area contributed by atoms with Gasteiger partial charge in [-0.25, -0.2) is 0 Å². The molecule has 0 saturated heterocycles. The molecule has 0 spiro atoms. The summed E-state index contributed by atoms with van der Waals surface area (Å²) in [5, 5.41) is 11.5.